The number of nitrogens with one attached hydrogen (secondary N) is 1. The average Bonchev–Trinajstić information content (AvgIpc) is 3.00. The molecule has 0 aliphatic carbocycles. The molecule has 0 bridgehead atoms. The van der Waals surface area contributed by atoms with Crippen LogP contribution >= 0.6 is 11.3 Å². The van der Waals surface area contributed by atoms with E-state index in [1.807, 2.05) is 24.6 Å². The molecular weight excluding hydrogens is 316 g/mol. The van der Waals surface area contributed by atoms with E-state index >= 15 is 0 Å². The Hall–Kier alpha value is -2.33. The first-order valence-electron chi connectivity index (χ1n) is 8.12. The van der Waals surface area contributed by atoms with E-state index in [-0.39, 0.29) is 0 Å². The highest BCUT2D eigenvalue weighted by atomic mass is 32.1. The van der Waals surface area contributed by atoms with Crippen molar-refractivity contribution in [2.24, 2.45) is 0 Å². The molecule has 1 N–H and O–H groups in total. The van der Waals surface area contributed by atoms with Crippen LogP contribution in [0.15, 0.2) is 54.0 Å². The van der Waals surface area contributed by atoms with Gasteiger partial charge in [0.1, 0.15) is 5.75 Å². The normalized spacial score (nSPS) is 10.6. The van der Waals surface area contributed by atoms with Gasteiger partial charge in [-0.15, -0.1) is 11.3 Å². The smallest absolute Gasteiger partial charge is 0.121 e. The number of thiazole rings is 1. The average molecular weight is 338 g/mol. The van der Waals surface area contributed by atoms with Crippen molar-refractivity contribution in [2.75, 3.05) is 11.9 Å². The van der Waals surface area contributed by atoms with Crippen LogP contribution in [0.25, 0.3) is 0 Å². The van der Waals surface area contributed by atoms with Gasteiger partial charge >= 0.3 is 0 Å². The third-order valence-corrected chi connectivity index (χ3v) is 5.02. The number of anilines is 1. The third-order valence-electron chi connectivity index (χ3n) is 4.02. The molecule has 0 radical (unpaired) electrons. The Bertz CT molecular complexity index is 798. The molecule has 0 fully saturated rings. The highest BCUT2D eigenvalue weighted by molar-refractivity contribution is 7.09. The molecule has 3 nitrogen and oxygen atoms in total. The van der Waals surface area contributed by atoms with E-state index in [0.29, 0.717) is 6.61 Å². The molecule has 1 heterocycles. The molecule has 0 saturated heterocycles. The second kappa shape index (κ2) is 7.97. The summed E-state index contributed by atoms with van der Waals surface area (Å²) < 4.78 is 5.89. The molecule has 0 spiro atoms. The summed E-state index contributed by atoms with van der Waals surface area (Å²) in [5, 5.41) is 3.47. The van der Waals surface area contributed by atoms with E-state index in [4.69, 9.17) is 4.74 Å². The Labute approximate surface area is 147 Å². The quantitative estimate of drug-likeness (QED) is 0.659. The van der Waals surface area contributed by atoms with Gasteiger partial charge in [-0.3, -0.25) is 0 Å². The fraction of sp³-hybridized carbons (Fsp3) is 0.250. The van der Waals surface area contributed by atoms with E-state index in [1.54, 1.807) is 11.3 Å². The summed E-state index contributed by atoms with van der Waals surface area (Å²) in [6, 6.07) is 16.6. The van der Waals surface area contributed by atoms with Crippen molar-refractivity contribution in [3.63, 3.8) is 0 Å². The Morgan fingerprint density at radius 3 is 2.75 bits per heavy atom. The zero-order chi connectivity index (χ0) is 16.8. The maximum absolute atomic E-state index is 5.89. The van der Waals surface area contributed by atoms with Crippen LogP contribution in [-0.4, -0.2) is 11.6 Å². The largest absolute Gasteiger partial charge is 0.493 e. The summed E-state index contributed by atoms with van der Waals surface area (Å²) in [5.41, 5.74) is 6.68. The lowest BCUT2D eigenvalue weighted by Gasteiger charge is -2.11. The van der Waals surface area contributed by atoms with E-state index in [1.165, 1.54) is 16.0 Å². The van der Waals surface area contributed by atoms with Crippen molar-refractivity contribution in [2.45, 2.75) is 26.8 Å². The first kappa shape index (κ1) is 16.5. The number of hydrogen-bond acceptors (Lipinski definition) is 4. The van der Waals surface area contributed by atoms with Gasteiger partial charge in [0.2, 0.25) is 0 Å². The highest BCUT2D eigenvalue weighted by Crippen LogP contribution is 2.20. The molecule has 0 atom stereocenters. The first-order valence-corrected chi connectivity index (χ1v) is 9.00. The van der Waals surface area contributed by atoms with Gasteiger partial charge in [-0.2, -0.15) is 0 Å². The van der Waals surface area contributed by atoms with Crippen molar-refractivity contribution in [1.82, 2.24) is 4.98 Å². The molecular formula is C20H22N2OS. The lowest BCUT2D eigenvalue weighted by atomic mass is 10.1. The summed E-state index contributed by atoms with van der Waals surface area (Å²) in [6.07, 6.45) is 0.900. The molecule has 3 aromatic rings. The summed E-state index contributed by atoms with van der Waals surface area (Å²) in [7, 11) is 0. The number of benzene rings is 2. The van der Waals surface area contributed by atoms with Gasteiger partial charge in [-0.25, -0.2) is 4.98 Å². The van der Waals surface area contributed by atoms with E-state index in [2.05, 4.69) is 53.6 Å². The summed E-state index contributed by atoms with van der Waals surface area (Å²) in [5.74, 6) is 0.895. The van der Waals surface area contributed by atoms with Crippen LogP contribution in [0.5, 0.6) is 5.75 Å². The van der Waals surface area contributed by atoms with Crippen LogP contribution in [0.1, 0.15) is 21.7 Å². The van der Waals surface area contributed by atoms with Crippen molar-refractivity contribution in [3.05, 3.63) is 75.7 Å². The standard InChI is InChI=1S/C20H22N2OS/c1-15-6-3-4-7-17(15)13-21-18-8-5-9-19(12-18)23-11-10-20-16(2)22-14-24-20/h3-9,12,14,21H,10-11,13H2,1-2H3. The number of ether oxygens (including phenoxy) is 1. The monoisotopic (exact) mass is 338 g/mol. The van der Waals surface area contributed by atoms with Gasteiger partial charge in [-0.05, 0) is 37.1 Å². The van der Waals surface area contributed by atoms with Crippen LogP contribution in [0, 0.1) is 13.8 Å². The second-order valence-electron chi connectivity index (χ2n) is 5.77. The highest BCUT2D eigenvalue weighted by Gasteiger charge is 2.03. The number of nitrogens with zero attached hydrogens (tertiary/aromatic N) is 1. The SMILES string of the molecule is Cc1ccccc1CNc1cccc(OCCc2scnc2C)c1. The van der Waals surface area contributed by atoms with Crippen LogP contribution in [0.2, 0.25) is 0 Å². The van der Waals surface area contributed by atoms with Crippen molar-refractivity contribution in [3.8, 4) is 5.75 Å². The van der Waals surface area contributed by atoms with E-state index in [0.717, 1.165) is 30.1 Å². The molecule has 1 aromatic heterocycles. The number of aryl methyl sites for hydroxylation is 2. The molecule has 4 heteroatoms. The molecule has 0 unspecified atom stereocenters. The van der Waals surface area contributed by atoms with E-state index in [9.17, 15) is 0 Å². The minimum Gasteiger partial charge on any atom is -0.493 e. The molecule has 0 amide bonds. The van der Waals surface area contributed by atoms with Gasteiger partial charge in [0.15, 0.2) is 0 Å². The minimum atomic E-state index is 0.671. The molecule has 24 heavy (non-hydrogen) atoms. The van der Waals surface area contributed by atoms with Crippen LogP contribution in [0.3, 0.4) is 0 Å². The predicted molar refractivity (Wildman–Crippen MR) is 101 cm³/mol. The van der Waals surface area contributed by atoms with Crippen LogP contribution < -0.4 is 10.1 Å². The van der Waals surface area contributed by atoms with Crippen LogP contribution in [0.4, 0.5) is 5.69 Å². The number of aromatic nitrogens is 1. The zero-order valence-electron chi connectivity index (χ0n) is 14.1. The van der Waals surface area contributed by atoms with Gasteiger partial charge in [0, 0.05) is 29.6 Å². The van der Waals surface area contributed by atoms with Crippen molar-refractivity contribution in [1.29, 1.82) is 0 Å². The number of rotatable bonds is 7. The lowest BCUT2D eigenvalue weighted by molar-refractivity contribution is 0.323. The molecule has 124 valence electrons. The maximum atomic E-state index is 5.89. The maximum Gasteiger partial charge on any atom is 0.121 e. The van der Waals surface area contributed by atoms with Crippen molar-refractivity contribution >= 4 is 17.0 Å². The molecule has 2 aromatic carbocycles. The molecule has 0 saturated carbocycles. The van der Waals surface area contributed by atoms with Gasteiger partial charge in [0.25, 0.3) is 0 Å². The Balaban J connectivity index is 1.54. The van der Waals surface area contributed by atoms with Crippen LogP contribution in [-0.2, 0) is 13.0 Å². The summed E-state index contributed by atoms with van der Waals surface area (Å²) in [4.78, 5) is 5.56. The lowest BCUT2D eigenvalue weighted by Crippen LogP contribution is -2.03. The minimum absolute atomic E-state index is 0.671. The van der Waals surface area contributed by atoms with Gasteiger partial charge < -0.3 is 10.1 Å². The second-order valence-corrected chi connectivity index (χ2v) is 6.71. The van der Waals surface area contributed by atoms with Gasteiger partial charge in [-0.1, -0.05) is 30.3 Å². The Morgan fingerprint density at radius 2 is 1.96 bits per heavy atom. The fourth-order valence-corrected chi connectivity index (χ4v) is 3.29. The molecule has 0 aliphatic rings. The predicted octanol–water partition coefficient (Wildman–Crippen LogP) is 4.99. The summed E-state index contributed by atoms with van der Waals surface area (Å²) >= 11 is 1.69. The fourth-order valence-electron chi connectivity index (χ4n) is 2.53. The van der Waals surface area contributed by atoms with Crippen molar-refractivity contribution < 1.29 is 4.74 Å². The zero-order valence-corrected chi connectivity index (χ0v) is 14.9. The Morgan fingerprint density at radius 1 is 1.08 bits per heavy atom. The summed E-state index contributed by atoms with van der Waals surface area (Å²) in [6.45, 7) is 5.67. The molecule has 0 aliphatic heterocycles. The number of hydrogen-bond donors (Lipinski definition) is 1. The Kier molecular flexibility index (Phi) is 5.49. The van der Waals surface area contributed by atoms with E-state index < -0.39 is 0 Å². The molecule has 3 rings (SSSR count). The topological polar surface area (TPSA) is 34.1 Å². The third kappa shape index (κ3) is 4.36. The first-order chi connectivity index (χ1) is 11.7. The van der Waals surface area contributed by atoms with Gasteiger partial charge in [0.05, 0.1) is 17.8 Å².